The van der Waals surface area contributed by atoms with Crippen LogP contribution in [0.4, 0.5) is 18.9 Å². The van der Waals surface area contributed by atoms with Gasteiger partial charge in [-0.05, 0) is 60.6 Å². The minimum absolute atomic E-state index is 0.0439. The number of carbonyl (C=O) groups excluding carboxylic acids is 1. The van der Waals surface area contributed by atoms with Gasteiger partial charge in [0, 0.05) is 30.4 Å². The Morgan fingerprint density at radius 2 is 1.91 bits per heavy atom. The Hall–Kier alpha value is -2.85. The van der Waals surface area contributed by atoms with Gasteiger partial charge < -0.3 is 15.0 Å². The second-order valence-electron chi connectivity index (χ2n) is 8.37. The monoisotopic (exact) mass is 480 g/mol. The molecule has 1 saturated carbocycles. The fraction of sp³-hybridized carbons (Fsp3) is 0.348. The SMILES string of the molecule is Cc1c(C(=O)Nc2ccc(S(C)(=O)=O)cc2)cn(CCO)c1C1=C(C(F)(F)F)C=CC2CC12. The van der Waals surface area contributed by atoms with Gasteiger partial charge in [-0.1, -0.05) is 12.2 Å². The topological polar surface area (TPSA) is 88.4 Å². The zero-order valence-electron chi connectivity index (χ0n) is 18.0. The van der Waals surface area contributed by atoms with E-state index in [2.05, 4.69) is 5.32 Å². The number of halogens is 3. The molecule has 2 aliphatic carbocycles. The average Bonchev–Trinajstić information content (AvgIpc) is 3.44. The number of hydrogen-bond donors (Lipinski definition) is 2. The molecule has 1 aromatic heterocycles. The minimum atomic E-state index is -4.54. The molecule has 1 aromatic carbocycles. The van der Waals surface area contributed by atoms with Crippen LogP contribution < -0.4 is 5.32 Å². The highest BCUT2D eigenvalue weighted by molar-refractivity contribution is 7.90. The van der Waals surface area contributed by atoms with Gasteiger partial charge in [0.05, 0.1) is 22.6 Å². The number of hydrogen-bond acceptors (Lipinski definition) is 4. The van der Waals surface area contributed by atoms with Crippen molar-refractivity contribution >= 4 is 27.0 Å². The molecule has 0 spiro atoms. The number of benzene rings is 1. The van der Waals surface area contributed by atoms with Gasteiger partial charge in [-0.2, -0.15) is 13.2 Å². The third-order valence-electron chi connectivity index (χ3n) is 6.03. The molecule has 2 aliphatic rings. The lowest BCUT2D eigenvalue weighted by molar-refractivity contribution is -0.0880. The minimum Gasteiger partial charge on any atom is -0.395 e. The van der Waals surface area contributed by atoms with Crippen molar-refractivity contribution < 1.29 is 31.5 Å². The molecule has 1 fully saturated rings. The summed E-state index contributed by atoms with van der Waals surface area (Å²) < 4.78 is 66.1. The number of rotatable bonds is 6. The summed E-state index contributed by atoms with van der Waals surface area (Å²) in [5, 5.41) is 12.2. The fourth-order valence-electron chi connectivity index (χ4n) is 4.33. The summed E-state index contributed by atoms with van der Waals surface area (Å²) in [6.45, 7) is 1.34. The quantitative estimate of drug-likeness (QED) is 0.655. The van der Waals surface area contributed by atoms with Gasteiger partial charge in [-0.3, -0.25) is 4.79 Å². The number of aliphatic hydroxyl groups excluding tert-OH is 1. The van der Waals surface area contributed by atoms with Crippen molar-refractivity contribution in [3.05, 3.63) is 65.0 Å². The van der Waals surface area contributed by atoms with E-state index >= 15 is 0 Å². The molecule has 0 radical (unpaired) electrons. The first kappa shape index (κ1) is 23.3. The molecule has 33 heavy (non-hydrogen) atoms. The predicted molar refractivity (Wildman–Crippen MR) is 117 cm³/mol. The lowest BCUT2D eigenvalue weighted by atomic mass is 9.91. The van der Waals surface area contributed by atoms with Gasteiger partial charge in [0.15, 0.2) is 9.84 Å². The molecule has 1 heterocycles. The van der Waals surface area contributed by atoms with Crippen molar-refractivity contribution in [3.63, 3.8) is 0 Å². The van der Waals surface area contributed by atoms with Gasteiger partial charge in [0.2, 0.25) is 0 Å². The fourth-order valence-corrected chi connectivity index (χ4v) is 4.96. The Balaban J connectivity index is 1.73. The van der Waals surface area contributed by atoms with Gasteiger partial charge in [-0.15, -0.1) is 0 Å². The van der Waals surface area contributed by atoms with Gasteiger partial charge >= 0.3 is 6.18 Å². The van der Waals surface area contributed by atoms with Crippen molar-refractivity contribution in [3.8, 4) is 0 Å². The lowest BCUT2D eigenvalue weighted by Gasteiger charge is -2.21. The Labute approximate surface area is 189 Å². The standard InChI is InChI=1S/C23H23F3N2O4S/c1-13-18(22(30)27-15-4-6-16(7-5-15)33(2,31)32)12-28(9-10-29)21(13)20-17-11-14(17)3-8-19(20)23(24,25)26/h3-8,12,14,17,29H,9-11H2,1-2H3,(H,27,30). The summed E-state index contributed by atoms with van der Waals surface area (Å²) >= 11 is 0. The zero-order chi connectivity index (χ0) is 24.1. The van der Waals surface area contributed by atoms with E-state index in [1.807, 2.05) is 0 Å². The Bertz CT molecular complexity index is 1270. The Morgan fingerprint density at radius 3 is 2.48 bits per heavy atom. The molecule has 4 rings (SSSR count). The maximum atomic E-state index is 13.8. The number of amides is 1. The molecular weight excluding hydrogens is 457 g/mol. The second-order valence-corrected chi connectivity index (χ2v) is 10.4. The van der Waals surface area contributed by atoms with Crippen LogP contribution in [0.1, 0.15) is 28.0 Å². The van der Waals surface area contributed by atoms with Crippen molar-refractivity contribution in [2.75, 3.05) is 18.2 Å². The van der Waals surface area contributed by atoms with Crippen LogP contribution in [-0.2, 0) is 16.4 Å². The molecule has 2 unspecified atom stereocenters. The predicted octanol–water partition coefficient (Wildman–Crippen LogP) is 3.97. The lowest BCUT2D eigenvalue weighted by Crippen LogP contribution is -2.18. The Kier molecular flexibility index (Phi) is 5.78. The van der Waals surface area contributed by atoms with Gasteiger partial charge in [0.25, 0.3) is 5.91 Å². The highest BCUT2D eigenvalue weighted by atomic mass is 32.2. The first-order chi connectivity index (χ1) is 15.4. The van der Waals surface area contributed by atoms with Crippen molar-refractivity contribution in [1.29, 1.82) is 0 Å². The third kappa shape index (κ3) is 4.49. The summed E-state index contributed by atoms with van der Waals surface area (Å²) in [5.41, 5.74) is 0.687. The number of aliphatic hydroxyl groups is 1. The molecule has 2 atom stereocenters. The van der Waals surface area contributed by atoms with Crippen molar-refractivity contribution in [2.45, 2.75) is 31.0 Å². The van der Waals surface area contributed by atoms with E-state index in [0.29, 0.717) is 23.4 Å². The molecule has 0 saturated heterocycles. The molecular formula is C23H23F3N2O4S. The first-order valence-electron chi connectivity index (χ1n) is 10.3. The smallest absolute Gasteiger partial charge is 0.395 e. The number of fused-ring (bicyclic) bond motifs is 1. The van der Waals surface area contributed by atoms with E-state index in [4.69, 9.17) is 0 Å². The van der Waals surface area contributed by atoms with Crippen LogP contribution >= 0.6 is 0 Å². The third-order valence-corrected chi connectivity index (χ3v) is 7.16. The molecule has 1 amide bonds. The summed E-state index contributed by atoms with van der Waals surface area (Å²) in [5.74, 6) is -0.754. The molecule has 10 heteroatoms. The van der Waals surface area contributed by atoms with Crippen LogP contribution in [0.25, 0.3) is 5.57 Å². The van der Waals surface area contributed by atoms with E-state index in [9.17, 15) is 31.5 Å². The molecule has 6 nitrogen and oxygen atoms in total. The van der Waals surface area contributed by atoms with Crippen LogP contribution in [0.5, 0.6) is 0 Å². The Morgan fingerprint density at radius 1 is 1.24 bits per heavy atom. The van der Waals surface area contributed by atoms with Crippen molar-refractivity contribution in [1.82, 2.24) is 4.57 Å². The van der Waals surface area contributed by atoms with Gasteiger partial charge in [-0.25, -0.2) is 8.42 Å². The average molecular weight is 481 g/mol. The number of alkyl halides is 3. The van der Waals surface area contributed by atoms with E-state index in [0.717, 1.165) is 12.3 Å². The number of allylic oxidation sites excluding steroid dienone is 4. The number of aromatic nitrogens is 1. The second kappa shape index (κ2) is 8.18. The van der Waals surface area contributed by atoms with E-state index in [1.54, 1.807) is 13.0 Å². The van der Waals surface area contributed by atoms with Crippen LogP contribution in [0.15, 0.2) is 53.1 Å². The molecule has 0 aliphatic heterocycles. The van der Waals surface area contributed by atoms with Crippen LogP contribution in [-0.4, -0.2) is 43.0 Å². The summed E-state index contributed by atoms with van der Waals surface area (Å²) in [4.78, 5) is 13.1. The highest BCUT2D eigenvalue weighted by Gasteiger charge is 2.48. The van der Waals surface area contributed by atoms with Crippen LogP contribution in [0, 0.1) is 18.8 Å². The zero-order valence-corrected chi connectivity index (χ0v) is 18.8. The summed E-state index contributed by atoms with van der Waals surface area (Å²) in [7, 11) is -3.39. The summed E-state index contributed by atoms with van der Waals surface area (Å²) in [6.07, 6.45) is 1.30. The van der Waals surface area contributed by atoms with E-state index in [1.165, 1.54) is 35.0 Å². The highest BCUT2D eigenvalue weighted by Crippen LogP contribution is 2.56. The van der Waals surface area contributed by atoms with Crippen molar-refractivity contribution in [2.24, 2.45) is 11.8 Å². The molecule has 176 valence electrons. The van der Waals surface area contributed by atoms with E-state index in [-0.39, 0.29) is 41.0 Å². The largest absolute Gasteiger partial charge is 0.416 e. The first-order valence-corrected chi connectivity index (χ1v) is 12.2. The van der Waals surface area contributed by atoms with Gasteiger partial charge in [0.1, 0.15) is 0 Å². The maximum absolute atomic E-state index is 13.8. The van der Waals surface area contributed by atoms with Crippen LogP contribution in [0.2, 0.25) is 0 Å². The van der Waals surface area contributed by atoms with Crippen LogP contribution in [0.3, 0.4) is 0 Å². The number of anilines is 1. The molecule has 2 N–H and O–H groups in total. The molecule has 0 bridgehead atoms. The number of nitrogens with zero attached hydrogens (tertiary/aromatic N) is 1. The normalized spacial score (nSPS) is 20.1. The maximum Gasteiger partial charge on any atom is 0.416 e. The number of sulfone groups is 1. The number of carbonyl (C=O) groups is 1. The summed E-state index contributed by atoms with van der Waals surface area (Å²) in [6, 6.07) is 5.62. The molecule has 2 aromatic rings. The number of nitrogens with one attached hydrogen (secondary N) is 1. The van der Waals surface area contributed by atoms with E-state index < -0.39 is 27.5 Å².